The van der Waals surface area contributed by atoms with E-state index >= 15 is 0 Å². The van der Waals surface area contributed by atoms with Gasteiger partial charge in [0.1, 0.15) is 0 Å². The first-order chi connectivity index (χ1) is 13.1. The molecule has 2 heteroatoms. The van der Waals surface area contributed by atoms with Gasteiger partial charge in [-0.15, -0.1) is 0 Å². The van der Waals surface area contributed by atoms with Gasteiger partial charge in [-0.05, 0) is 55.6 Å². The van der Waals surface area contributed by atoms with Crippen LogP contribution in [-0.2, 0) is 17.9 Å². The summed E-state index contributed by atoms with van der Waals surface area (Å²) in [5.74, 6) is 0. The number of aromatic nitrogens is 2. The molecule has 0 spiro atoms. The van der Waals surface area contributed by atoms with Crippen LogP contribution in [0.25, 0.3) is 43.4 Å². The maximum Gasteiger partial charge on any atom is 0.0969 e. The Morgan fingerprint density at radius 3 is 1.75 bits per heavy atom. The van der Waals surface area contributed by atoms with E-state index in [1.807, 2.05) is 6.33 Å². The minimum absolute atomic E-state index is 0.102. The van der Waals surface area contributed by atoms with Crippen molar-refractivity contribution in [3.05, 3.63) is 53.9 Å². The molecular formula is C26H28N2. The number of fused-ring (bicyclic) bond motifs is 3. The number of hydrogen-bond donors (Lipinski definition) is 0. The van der Waals surface area contributed by atoms with Crippen LogP contribution in [0.5, 0.6) is 0 Å². The molecule has 28 heavy (non-hydrogen) atoms. The molecule has 1 heterocycles. The summed E-state index contributed by atoms with van der Waals surface area (Å²) in [5.41, 5.74) is 5.29. The Labute approximate surface area is 166 Å². The number of benzene rings is 4. The molecule has 5 rings (SSSR count). The molecule has 0 radical (unpaired) electrons. The molecule has 0 saturated carbocycles. The lowest BCUT2D eigenvalue weighted by Crippen LogP contribution is -2.12. The van der Waals surface area contributed by atoms with E-state index in [9.17, 15) is 0 Å². The van der Waals surface area contributed by atoms with Crippen LogP contribution < -0.4 is 0 Å². The largest absolute Gasteiger partial charge is 0.333 e. The minimum Gasteiger partial charge on any atom is -0.333 e. The molecular weight excluding hydrogens is 340 g/mol. The molecule has 0 aliphatic carbocycles. The molecule has 5 aromatic rings. The highest BCUT2D eigenvalue weighted by Gasteiger charge is 2.23. The fourth-order valence-electron chi connectivity index (χ4n) is 4.51. The SMILES string of the molecule is Cn1cnc2c3cc(C(C)(C)C)cc4ccc5cc(C(C)(C)C)cc(c5c43)c21. The van der Waals surface area contributed by atoms with Crippen molar-refractivity contribution in [2.45, 2.75) is 52.4 Å². The van der Waals surface area contributed by atoms with Crippen LogP contribution in [0.15, 0.2) is 42.7 Å². The Morgan fingerprint density at radius 2 is 1.21 bits per heavy atom. The summed E-state index contributed by atoms with van der Waals surface area (Å²) in [4.78, 5) is 4.85. The molecule has 4 aromatic carbocycles. The summed E-state index contributed by atoms with van der Waals surface area (Å²) in [7, 11) is 2.11. The van der Waals surface area contributed by atoms with E-state index < -0.39 is 0 Å². The van der Waals surface area contributed by atoms with E-state index in [1.165, 1.54) is 49.0 Å². The number of nitrogens with zero attached hydrogens (tertiary/aromatic N) is 2. The lowest BCUT2D eigenvalue weighted by atomic mass is 9.81. The molecule has 0 saturated heterocycles. The molecule has 2 nitrogen and oxygen atoms in total. The highest BCUT2D eigenvalue weighted by atomic mass is 15.0. The highest BCUT2D eigenvalue weighted by molar-refractivity contribution is 6.32. The maximum atomic E-state index is 4.85. The Balaban J connectivity index is 2.10. The van der Waals surface area contributed by atoms with Gasteiger partial charge in [-0.3, -0.25) is 0 Å². The van der Waals surface area contributed by atoms with Gasteiger partial charge >= 0.3 is 0 Å². The summed E-state index contributed by atoms with van der Waals surface area (Å²) in [6, 6.07) is 14.1. The summed E-state index contributed by atoms with van der Waals surface area (Å²) in [5, 5.41) is 7.96. The molecule has 0 N–H and O–H groups in total. The van der Waals surface area contributed by atoms with Crippen molar-refractivity contribution in [1.29, 1.82) is 0 Å². The number of rotatable bonds is 0. The Bertz CT molecular complexity index is 1370. The molecule has 0 amide bonds. The second kappa shape index (κ2) is 5.26. The zero-order valence-corrected chi connectivity index (χ0v) is 17.9. The van der Waals surface area contributed by atoms with Crippen molar-refractivity contribution in [2.75, 3.05) is 0 Å². The first kappa shape index (κ1) is 17.5. The van der Waals surface area contributed by atoms with E-state index in [0.29, 0.717) is 0 Å². The number of aryl methyl sites for hydroxylation is 1. The third kappa shape index (κ3) is 2.30. The second-order valence-electron chi connectivity index (χ2n) is 10.4. The lowest BCUT2D eigenvalue weighted by Gasteiger charge is -2.24. The second-order valence-corrected chi connectivity index (χ2v) is 10.4. The van der Waals surface area contributed by atoms with Crippen LogP contribution in [0.1, 0.15) is 52.7 Å². The van der Waals surface area contributed by atoms with Gasteiger partial charge in [0.25, 0.3) is 0 Å². The van der Waals surface area contributed by atoms with Crippen molar-refractivity contribution in [2.24, 2.45) is 7.05 Å². The zero-order valence-electron chi connectivity index (χ0n) is 17.9. The van der Waals surface area contributed by atoms with Crippen LogP contribution in [-0.4, -0.2) is 9.55 Å². The van der Waals surface area contributed by atoms with Crippen molar-refractivity contribution in [3.8, 4) is 0 Å². The van der Waals surface area contributed by atoms with Crippen molar-refractivity contribution in [1.82, 2.24) is 9.55 Å². The van der Waals surface area contributed by atoms with Crippen LogP contribution in [0.3, 0.4) is 0 Å². The van der Waals surface area contributed by atoms with E-state index in [4.69, 9.17) is 4.98 Å². The van der Waals surface area contributed by atoms with Crippen LogP contribution >= 0.6 is 0 Å². The smallest absolute Gasteiger partial charge is 0.0969 e. The van der Waals surface area contributed by atoms with Gasteiger partial charge in [0.05, 0.1) is 17.4 Å². The minimum atomic E-state index is 0.102. The van der Waals surface area contributed by atoms with E-state index in [2.05, 4.69) is 89.6 Å². The maximum absolute atomic E-state index is 4.85. The molecule has 0 fully saturated rings. The molecule has 0 unspecified atom stereocenters. The lowest BCUT2D eigenvalue weighted by molar-refractivity contribution is 0.591. The van der Waals surface area contributed by atoms with Gasteiger partial charge in [0.15, 0.2) is 0 Å². The van der Waals surface area contributed by atoms with Crippen LogP contribution in [0.2, 0.25) is 0 Å². The topological polar surface area (TPSA) is 17.8 Å². The van der Waals surface area contributed by atoms with Gasteiger partial charge in [-0.2, -0.15) is 0 Å². The summed E-state index contributed by atoms with van der Waals surface area (Å²) in [6.45, 7) is 13.7. The Morgan fingerprint density at radius 1 is 0.714 bits per heavy atom. The summed E-state index contributed by atoms with van der Waals surface area (Å²) >= 11 is 0. The molecule has 142 valence electrons. The van der Waals surface area contributed by atoms with Gasteiger partial charge in [-0.25, -0.2) is 4.98 Å². The fraction of sp³-hybridized carbons (Fsp3) is 0.346. The quantitative estimate of drug-likeness (QED) is 0.267. The summed E-state index contributed by atoms with van der Waals surface area (Å²) in [6.07, 6.45) is 1.96. The normalized spacial score (nSPS) is 13.5. The fourth-order valence-corrected chi connectivity index (χ4v) is 4.51. The van der Waals surface area contributed by atoms with E-state index in [1.54, 1.807) is 0 Å². The standard InChI is InChI=1S/C26H28N2/c1-25(2,3)17-10-15-8-9-16-11-18(26(4,5)6)13-20-22(16)21(15)19(12-17)23-24(20)28(7)14-27-23/h8-14H,1-7H3. The number of imidazole rings is 1. The van der Waals surface area contributed by atoms with Gasteiger partial charge < -0.3 is 4.57 Å². The van der Waals surface area contributed by atoms with Crippen molar-refractivity contribution >= 4 is 43.4 Å². The van der Waals surface area contributed by atoms with Gasteiger partial charge in [-0.1, -0.05) is 65.8 Å². The predicted octanol–water partition coefficient (Wildman–Crippen LogP) is 7.07. The number of hydrogen-bond acceptors (Lipinski definition) is 1. The Kier molecular flexibility index (Phi) is 3.28. The average molecular weight is 369 g/mol. The van der Waals surface area contributed by atoms with Crippen molar-refractivity contribution in [3.63, 3.8) is 0 Å². The first-order valence-electron chi connectivity index (χ1n) is 10.1. The molecule has 1 aromatic heterocycles. The third-order valence-corrected chi connectivity index (χ3v) is 6.21. The molecule has 0 aliphatic heterocycles. The zero-order chi connectivity index (χ0) is 20.0. The molecule has 0 aliphatic rings. The average Bonchev–Trinajstić information content (AvgIpc) is 3.00. The Hall–Kier alpha value is -2.61. The monoisotopic (exact) mass is 368 g/mol. The highest BCUT2D eigenvalue weighted by Crippen LogP contribution is 2.43. The first-order valence-corrected chi connectivity index (χ1v) is 10.1. The third-order valence-electron chi connectivity index (χ3n) is 6.21. The molecule has 0 atom stereocenters. The summed E-state index contributed by atoms with van der Waals surface area (Å²) < 4.78 is 2.18. The van der Waals surface area contributed by atoms with E-state index in [-0.39, 0.29) is 10.8 Å². The van der Waals surface area contributed by atoms with Crippen molar-refractivity contribution < 1.29 is 0 Å². The van der Waals surface area contributed by atoms with E-state index in [0.717, 1.165) is 5.52 Å². The van der Waals surface area contributed by atoms with Crippen LogP contribution in [0.4, 0.5) is 0 Å². The van der Waals surface area contributed by atoms with Crippen LogP contribution in [0, 0.1) is 0 Å². The predicted molar refractivity (Wildman–Crippen MR) is 122 cm³/mol. The molecule has 0 bridgehead atoms. The van der Waals surface area contributed by atoms with Gasteiger partial charge in [0, 0.05) is 17.8 Å². The van der Waals surface area contributed by atoms with Gasteiger partial charge in [0.2, 0.25) is 0 Å².